The second-order valence-corrected chi connectivity index (χ2v) is 14.2. The van der Waals surface area contributed by atoms with Gasteiger partial charge >= 0.3 is 0 Å². The van der Waals surface area contributed by atoms with Crippen molar-refractivity contribution in [3.63, 3.8) is 0 Å². The molecule has 0 aromatic carbocycles. The standard InChI is InChI=1S/C40H56O3/c1-29(17-13-19-31(3)21-23-36-33(5)25-34(41)26-38(36,6)7)15-11-12-16-30(2)18-14-20-32(4)22-24-37(43)40(10)28-35(42)27-39(40,8)9/h11-24,34-35,41-42H,25-28H2,1-10H3/b12-11+,17-13+,18-14+,23-21+,24-22+,29-15+,30-16-,31-19+,32-20+/t34-,35+,40+/m1/s1. The van der Waals surface area contributed by atoms with E-state index in [1.54, 1.807) is 6.08 Å². The summed E-state index contributed by atoms with van der Waals surface area (Å²) in [5.74, 6) is 0.0853. The van der Waals surface area contributed by atoms with E-state index in [4.69, 9.17) is 0 Å². The molecular weight excluding hydrogens is 528 g/mol. The Morgan fingerprint density at radius 1 is 0.651 bits per heavy atom. The fourth-order valence-electron chi connectivity index (χ4n) is 6.19. The summed E-state index contributed by atoms with van der Waals surface area (Å²) >= 11 is 0. The third kappa shape index (κ3) is 10.9. The zero-order valence-corrected chi connectivity index (χ0v) is 28.4. The Hall–Kier alpha value is -3.01. The lowest BCUT2D eigenvalue weighted by Crippen LogP contribution is -2.36. The highest BCUT2D eigenvalue weighted by Crippen LogP contribution is 2.53. The van der Waals surface area contributed by atoms with Gasteiger partial charge in [-0.1, -0.05) is 141 Å². The summed E-state index contributed by atoms with van der Waals surface area (Å²) in [6, 6.07) is 0. The van der Waals surface area contributed by atoms with Crippen molar-refractivity contribution in [1.29, 1.82) is 0 Å². The van der Waals surface area contributed by atoms with E-state index < -0.39 is 11.5 Å². The molecule has 3 heteroatoms. The number of carbonyl (C=O) groups is 1. The van der Waals surface area contributed by atoms with Gasteiger partial charge in [0.1, 0.15) is 0 Å². The molecule has 0 amide bonds. The first-order chi connectivity index (χ1) is 20.0. The minimum absolute atomic E-state index is 0.00528. The average Bonchev–Trinajstić information content (AvgIpc) is 3.10. The monoisotopic (exact) mass is 584 g/mol. The van der Waals surface area contributed by atoms with Crippen molar-refractivity contribution in [2.45, 2.75) is 107 Å². The van der Waals surface area contributed by atoms with Gasteiger partial charge in [0.05, 0.1) is 12.2 Å². The third-order valence-corrected chi connectivity index (χ3v) is 9.18. The molecule has 2 N–H and O–H groups in total. The van der Waals surface area contributed by atoms with E-state index in [-0.39, 0.29) is 22.7 Å². The predicted molar refractivity (Wildman–Crippen MR) is 185 cm³/mol. The molecule has 3 atom stereocenters. The Kier molecular flexibility index (Phi) is 13.2. The van der Waals surface area contributed by atoms with Crippen molar-refractivity contribution in [2.24, 2.45) is 16.2 Å². The zero-order chi connectivity index (χ0) is 32.4. The number of aliphatic hydroxyl groups excluding tert-OH is 2. The van der Waals surface area contributed by atoms with Gasteiger partial charge in [-0.05, 0) is 82.8 Å². The summed E-state index contributed by atoms with van der Waals surface area (Å²) in [7, 11) is 0. The van der Waals surface area contributed by atoms with Crippen LogP contribution in [0.5, 0.6) is 0 Å². The first kappa shape index (κ1) is 36.2. The summed E-state index contributed by atoms with van der Waals surface area (Å²) < 4.78 is 0. The maximum atomic E-state index is 12.9. The van der Waals surface area contributed by atoms with Gasteiger partial charge in [0.25, 0.3) is 0 Å². The molecule has 0 bridgehead atoms. The Bertz CT molecular complexity index is 1310. The molecule has 0 aromatic rings. The van der Waals surface area contributed by atoms with Gasteiger partial charge in [0, 0.05) is 5.41 Å². The van der Waals surface area contributed by atoms with Crippen LogP contribution in [0.4, 0.5) is 0 Å². The summed E-state index contributed by atoms with van der Waals surface area (Å²) in [5, 5.41) is 20.2. The predicted octanol–water partition coefficient (Wildman–Crippen LogP) is 9.81. The number of allylic oxidation sites excluding steroid dienone is 19. The third-order valence-electron chi connectivity index (χ3n) is 9.18. The molecule has 2 aliphatic rings. The number of rotatable bonds is 11. The second-order valence-electron chi connectivity index (χ2n) is 14.2. The molecular formula is C40H56O3. The summed E-state index contributed by atoms with van der Waals surface area (Å²) in [6.07, 6.45) is 30.6. The van der Waals surface area contributed by atoms with Crippen LogP contribution in [0.3, 0.4) is 0 Å². The van der Waals surface area contributed by atoms with Crippen LogP contribution in [0.1, 0.15) is 94.9 Å². The molecule has 0 heterocycles. The van der Waals surface area contributed by atoms with Crippen LogP contribution in [0, 0.1) is 16.2 Å². The topological polar surface area (TPSA) is 57.5 Å². The lowest BCUT2D eigenvalue weighted by atomic mass is 9.66. The smallest absolute Gasteiger partial charge is 0.162 e. The second kappa shape index (κ2) is 15.6. The molecule has 3 nitrogen and oxygen atoms in total. The van der Waals surface area contributed by atoms with Gasteiger partial charge < -0.3 is 10.2 Å². The fraction of sp³-hybridized carbons (Fsp3) is 0.475. The molecule has 0 radical (unpaired) electrons. The fourth-order valence-corrected chi connectivity index (χ4v) is 6.19. The number of hydrogen-bond donors (Lipinski definition) is 2. The van der Waals surface area contributed by atoms with Gasteiger partial charge in [0.15, 0.2) is 5.78 Å². The minimum Gasteiger partial charge on any atom is -0.393 e. The van der Waals surface area contributed by atoms with Gasteiger partial charge in [0.2, 0.25) is 0 Å². The van der Waals surface area contributed by atoms with Crippen molar-refractivity contribution < 1.29 is 15.0 Å². The van der Waals surface area contributed by atoms with Gasteiger partial charge in [-0.2, -0.15) is 0 Å². The van der Waals surface area contributed by atoms with Gasteiger partial charge in [-0.25, -0.2) is 0 Å². The Labute approximate surface area is 262 Å². The average molecular weight is 585 g/mol. The van der Waals surface area contributed by atoms with Crippen molar-refractivity contribution in [1.82, 2.24) is 0 Å². The largest absolute Gasteiger partial charge is 0.393 e. The van der Waals surface area contributed by atoms with Crippen LogP contribution in [-0.4, -0.2) is 28.2 Å². The molecule has 2 rings (SSSR count). The van der Waals surface area contributed by atoms with Crippen LogP contribution >= 0.6 is 0 Å². The SMILES string of the molecule is CC1=C(/C=C/C(C)=C/C=C/C(C)=C/C=C/C=C(C)\C=C\C=C(C)\C=C\C(=O)[C@]2(C)C[C@@H](O)CC2(C)C)C(C)(C)C[C@H](O)C1. The molecule has 0 unspecified atom stereocenters. The van der Waals surface area contributed by atoms with E-state index in [1.165, 1.54) is 16.7 Å². The van der Waals surface area contributed by atoms with E-state index in [9.17, 15) is 15.0 Å². The molecule has 1 saturated carbocycles. The number of ketones is 1. The summed E-state index contributed by atoms with van der Waals surface area (Å²) in [4.78, 5) is 12.9. The maximum absolute atomic E-state index is 12.9. The highest BCUT2D eigenvalue weighted by atomic mass is 16.3. The quantitative estimate of drug-likeness (QED) is 0.188. The van der Waals surface area contributed by atoms with Crippen molar-refractivity contribution in [3.8, 4) is 0 Å². The Morgan fingerprint density at radius 3 is 1.63 bits per heavy atom. The Balaban J connectivity index is 1.89. The van der Waals surface area contributed by atoms with Crippen molar-refractivity contribution in [2.75, 3.05) is 0 Å². The van der Waals surface area contributed by atoms with E-state index in [2.05, 4.69) is 97.9 Å². The normalized spacial score (nSPS) is 27.7. The van der Waals surface area contributed by atoms with Crippen molar-refractivity contribution >= 4 is 5.78 Å². The molecule has 2 aliphatic carbocycles. The highest BCUT2D eigenvalue weighted by molar-refractivity contribution is 5.95. The summed E-state index contributed by atoms with van der Waals surface area (Å²) in [6.45, 7) is 20.9. The van der Waals surface area contributed by atoms with Crippen molar-refractivity contribution in [3.05, 3.63) is 119 Å². The lowest BCUT2D eigenvalue weighted by Gasteiger charge is -2.35. The first-order valence-corrected chi connectivity index (χ1v) is 15.7. The number of carbonyl (C=O) groups excluding carboxylic acids is 1. The lowest BCUT2D eigenvalue weighted by molar-refractivity contribution is -0.127. The maximum Gasteiger partial charge on any atom is 0.162 e. The van der Waals surface area contributed by atoms with Gasteiger partial charge in [-0.3, -0.25) is 4.79 Å². The first-order valence-electron chi connectivity index (χ1n) is 15.7. The number of hydrogen-bond acceptors (Lipinski definition) is 3. The molecule has 0 spiro atoms. The molecule has 0 saturated heterocycles. The molecule has 1 fully saturated rings. The Morgan fingerprint density at radius 2 is 1.14 bits per heavy atom. The van der Waals surface area contributed by atoms with E-state index in [1.807, 2.05) is 50.3 Å². The van der Waals surface area contributed by atoms with E-state index in [0.717, 1.165) is 29.6 Å². The molecule has 0 aliphatic heterocycles. The van der Waals surface area contributed by atoms with E-state index >= 15 is 0 Å². The minimum atomic E-state index is -0.532. The molecule has 43 heavy (non-hydrogen) atoms. The zero-order valence-electron chi connectivity index (χ0n) is 28.4. The molecule has 0 aromatic heterocycles. The van der Waals surface area contributed by atoms with Crippen LogP contribution in [0.15, 0.2) is 119 Å². The number of aliphatic hydroxyl groups is 2. The molecule has 234 valence electrons. The van der Waals surface area contributed by atoms with Crippen LogP contribution in [0.2, 0.25) is 0 Å². The van der Waals surface area contributed by atoms with E-state index in [0.29, 0.717) is 12.8 Å². The van der Waals surface area contributed by atoms with Crippen LogP contribution < -0.4 is 0 Å². The van der Waals surface area contributed by atoms with Gasteiger partial charge in [-0.15, -0.1) is 0 Å². The van der Waals surface area contributed by atoms with Crippen LogP contribution in [-0.2, 0) is 4.79 Å². The summed E-state index contributed by atoms with van der Waals surface area (Å²) in [5.41, 5.74) is 6.34. The highest BCUT2D eigenvalue weighted by Gasteiger charge is 2.52. The van der Waals surface area contributed by atoms with Crippen LogP contribution in [0.25, 0.3) is 0 Å².